The molecule has 3 aromatic rings. The number of H-pyrrole nitrogens is 1. The van der Waals surface area contributed by atoms with E-state index in [1.54, 1.807) is 10.6 Å². The predicted molar refractivity (Wildman–Crippen MR) is 111 cm³/mol. The molecule has 1 aromatic heterocycles. The third-order valence-corrected chi connectivity index (χ3v) is 6.22. The number of hydrogen-bond acceptors (Lipinski definition) is 4. The van der Waals surface area contributed by atoms with Crippen molar-refractivity contribution in [3.63, 3.8) is 0 Å². The maximum Gasteiger partial charge on any atom is 0.344 e. The minimum Gasteiger partial charge on any atom is -0.325 e. The molecule has 0 saturated heterocycles. The first-order valence-corrected chi connectivity index (χ1v) is 10.2. The Bertz CT molecular complexity index is 1060. The van der Waals surface area contributed by atoms with Gasteiger partial charge in [0.25, 0.3) is 0 Å². The molecule has 6 nitrogen and oxygen atoms in total. The summed E-state index contributed by atoms with van der Waals surface area (Å²) < 4.78 is 1.65. The van der Waals surface area contributed by atoms with Gasteiger partial charge in [-0.15, -0.1) is 5.10 Å². The van der Waals surface area contributed by atoms with Gasteiger partial charge in [0.15, 0.2) is 5.16 Å². The van der Waals surface area contributed by atoms with Crippen molar-refractivity contribution in [3.8, 4) is 0 Å². The average molecular weight is 415 g/mol. The summed E-state index contributed by atoms with van der Waals surface area (Å²) in [5.41, 5.74) is 2.17. The third-order valence-electron chi connectivity index (χ3n) is 4.59. The fourth-order valence-electron chi connectivity index (χ4n) is 2.91. The summed E-state index contributed by atoms with van der Waals surface area (Å²) in [5.74, 6) is -0.200. The number of hydrogen-bond donors (Lipinski definition) is 2. The largest absolute Gasteiger partial charge is 0.344 e. The Balaban J connectivity index is 1.63. The Labute approximate surface area is 171 Å². The number of carbonyl (C=O) groups excluding carboxylic acids is 1. The Morgan fingerprint density at radius 2 is 2.04 bits per heavy atom. The lowest BCUT2D eigenvalue weighted by Crippen LogP contribution is -2.21. The molecule has 1 fully saturated rings. The van der Waals surface area contributed by atoms with Crippen molar-refractivity contribution in [2.24, 2.45) is 0 Å². The van der Waals surface area contributed by atoms with Gasteiger partial charge in [0.2, 0.25) is 5.91 Å². The van der Waals surface area contributed by atoms with Crippen LogP contribution in [0.5, 0.6) is 0 Å². The molecule has 2 N–H and O–H groups in total. The van der Waals surface area contributed by atoms with Gasteiger partial charge < -0.3 is 5.32 Å². The van der Waals surface area contributed by atoms with Gasteiger partial charge in [0, 0.05) is 16.8 Å². The van der Waals surface area contributed by atoms with Crippen LogP contribution in [0.2, 0.25) is 5.02 Å². The molecule has 1 atom stereocenters. The number of benzene rings is 2. The second-order valence-electron chi connectivity index (χ2n) is 6.77. The topological polar surface area (TPSA) is 79.8 Å². The van der Waals surface area contributed by atoms with Gasteiger partial charge in [-0.25, -0.2) is 9.89 Å². The molecular formula is C20H19ClN4O2S. The number of aromatic amines is 1. The zero-order chi connectivity index (χ0) is 19.7. The van der Waals surface area contributed by atoms with Gasteiger partial charge in [0.1, 0.15) is 5.25 Å². The van der Waals surface area contributed by atoms with Crippen LogP contribution in [0.4, 0.5) is 5.69 Å². The summed E-state index contributed by atoms with van der Waals surface area (Å²) in [4.78, 5) is 25.2. The van der Waals surface area contributed by atoms with Crippen molar-refractivity contribution >= 4 is 35.0 Å². The van der Waals surface area contributed by atoms with E-state index in [0.29, 0.717) is 15.9 Å². The lowest BCUT2D eigenvalue weighted by Gasteiger charge is -2.17. The van der Waals surface area contributed by atoms with Crippen molar-refractivity contribution in [2.45, 2.75) is 36.2 Å². The highest BCUT2D eigenvalue weighted by molar-refractivity contribution is 8.00. The zero-order valence-corrected chi connectivity index (χ0v) is 16.8. The molecule has 0 spiro atoms. The third kappa shape index (κ3) is 4.00. The number of amides is 1. The van der Waals surface area contributed by atoms with Crippen LogP contribution >= 0.6 is 23.4 Å². The molecule has 0 unspecified atom stereocenters. The number of thioether (sulfide) groups is 1. The highest BCUT2D eigenvalue weighted by Gasteiger charge is 2.31. The van der Waals surface area contributed by atoms with E-state index < -0.39 is 5.25 Å². The summed E-state index contributed by atoms with van der Waals surface area (Å²) in [6, 6.07) is 15.0. The van der Waals surface area contributed by atoms with Crippen molar-refractivity contribution in [1.29, 1.82) is 0 Å². The lowest BCUT2D eigenvalue weighted by molar-refractivity contribution is -0.115. The molecule has 4 rings (SSSR count). The van der Waals surface area contributed by atoms with E-state index in [4.69, 9.17) is 11.6 Å². The second kappa shape index (κ2) is 7.85. The molecule has 1 heterocycles. The van der Waals surface area contributed by atoms with E-state index in [1.165, 1.54) is 11.8 Å². The van der Waals surface area contributed by atoms with E-state index >= 15 is 0 Å². The van der Waals surface area contributed by atoms with E-state index in [9.17, 15) is 9.59 Å². The average Bonchev–Trinajstić information content (AvgIpc) is 3.46. The molecule has 1 aliphatic carbocycles. The quantitative estimate of drug-likeness (QED) is 0.588. The summed E-state index contributed by atoms with van der Waals surface area (Å²) in [6.07, 6.45) is 1.91. The Kier molecular flexibility index (Phi) is 5.28. The summed E-state index contributed by atoms with van der Waals surface area (Å²) in [7, 11) is 0. The molecule has 0 aliphatic heterocycles. The first-order valence-electron chi connectivity index (χ1n) is 8.98. The molecule has 28 heavy (non-hydrogen) atoms. The Morgan fingerprint density at radius 1 is 1.29 bits per heavy atom. The first-order chi connectivity index (χ1) is 13.5. The first kappa shape index (κ1) is 18.8. The molecule has 1 aliphatic rings. The second-order valence-corrected chi connectivity index (χ2v) is 8.25. The predicted octanol–water partition coefficient (Wildman–Crippen LogP) is 4.34. The number of halogens is 1. The number of aromatic nitrogens is 3. The van der Waals surface area contributed by atoms with Gasteiger partial charge in [-0.1, -0.05) is 59.8 Å². The number of aryl methyl sites for hydroxylation is 1. The fraction of sp³-hybridized carbons (Fsp3) is 0.250. The van der Waals surface area contributed by atoms with Crippen molar-refractivity contribution in [1.82, 2.24) is 14.8 Å². The van der Waals surface area contributed by atoms with Crippen LogP contribution < -0.4 is 11.0 Å². The van der Waals surface area contributed by atoms with Crippen LogP contribution in [0.15, 0.2) is 58.5 Å². The highest BCUT2D eigenvalue weighted by Crippen LogP contribution is 2.40. The normalized spacial score (nSPS) is 14.6. The van der Waals surface area contributed by atoms with Crippen LogP contribution in [0.1, 0.15) is 35.3 Å². The molecule has 2 aromatic carbocycles. The Morgan fingerprint density at radius 3 is 2.71 bits per heavy atom. The van der Waals surface area contributed by atoms with Gasteiger partial charge in [-0.3, -0.25) is 9.36 Å². The SMILES string of the molecule is Cc1ccc(NC(=O)[C@@H](Sc2n[nH]c(=O)n2C2CC2)c2ccccc2)cc1Cl. The number of carbonyl (C=O) groups is 1. The van der Waals surface area contributed by atoms with E-state index in [0.717, 1.165) is 24.0 Å². The molecule has 144 valence electrons. The van der Waals surface area contributed by atoms with Crippen LogP contribution in [0.25, 0.3) is 0 Å². The van der Waals surface area contributed by atoms with Crippen molar-refractivity contribution < 1.29 is 4.79 Å². The van der Waals surface area contributed by atoms with Gasteiger partial charge in [-0.05, 0) is 43.0 Å². The van der Waals surface area contributed by atoms with E-state index in [-0.39, 0.29) is 17.6 Å². The van der Waals surface area contributed by atoms with Gasteiger partial charge >= 0.3 is 5.69 Å². The zero-order valence-electron chi connectivity index (χ0n) is 15.2. The summed E-state index contributed by atoms with van der Waals surface area (Å²) in [5, 5.41) is 10.1. The molecule has 0 radical (unpaired) electrons. The van der Waals surface area contributed by atoms with Crippen LogP contribution in [-0.4, -0.2) is 20.7 Å². The number of rotatable bonds is 6. The van der Waals surface area contributed by atoms with E-state index in [2.05, 4.69) is 15.5 Å². The number of nitrogens with one attached hydrogen (secondary N) is 2. The maximum atomic E-state index is 13.1. The van der Waals surface area contributed by atoms with Crippen LogP contribution in [0, 0.1) is 6.92 Å². The summed E-state index contributed by atoms with van der Waals surface area (Å²) in [6.45, 7) is 1.91. The van der Waals surface area contributed by atoms with Crippen LogP contribution in [0.3, 0.4) is 0 Å². The smallest absolute Gasteiger partial charge is 0.325 e. The molecule has 1 amide bonds. The standard InChI is InChI=1S/C20H19ClN4O2S/c1-12-7-8-14(11-16(12)21)22-18(26)17(13-5-3-2-4-6-13)28-20-24-23-19(27)25(20)15-9-10-15/h2-8,11,15,17H,9-10H2,1H3,(H,22,26)(H,23,27)/t17-/m0/s1. The number of nitrogens with zero attached hydrogens (tertiary/aromatic N) is 2. The maximum absolute atomic E-state index is 13.1. The van der Waals surface area contributed by atoms with Crippen LogP contribution in [-0.2, 0) is 4.79 Å². The summed E-state index contributed by atoms with van der Waals surface area (Å²) >= 11 is 7.45. The molecule has 0 bridgehead atoms. The Hall–Kier alpha value is -2.51. The minimum atomic E-state index is -0.561. The molecule has 8 heteroatoms. The lowest BCUT2D eigenvalue weighted by atomic mass is 10.1. The monoisotopic (exact) mass is 414 g/mol. The minimum absolute atomic E-state index is 0.170. The molecular weight excluding hydrogens is 396 g/mol. The van der Waals surface area contributed by atoms with Crippen molar-refractivity contribution in [2.75, 3.05) is 5.32 Å². The number of anilines is 1. The van der Waals surface area contributed by atoms with E-state index in [1.807, 2.05) is 49.4 Å². The highest BCUT2D eigenvalue weighted by atomic mass is 35.5. The fourth-order valence-corrected chi connectivity index (χ4v) is 4.21. The van der Waals surface area contributed by atoms with Gasteiger partial charge in [-0.2, -0.15) is 0 Å². The van der Waals surface area contributed by atoms with Gasteiger partial charge in [0.05, 0.1) is 0 Å². The van der Waals surface area contributed by atoms with Crippen molar-refractivity contribution in [3.05, 3.63) is 75.2 Å². The molecule has 1 saturated carbocycles.